The van der Waals surface area contributed by atoms with Crippen molar-refractivity contribution in [3.8, 4) is 0 Å². The summed E-state index contributed by atoms with van der Waals surface area (Å²) in [5.74, 6) is 0. The highest BCUT2D eigenvalue weighted by Crippen LogP contribution is 2.33. The van der Waals surface area contributed by atoms with Gasteiger partial charge in [0.2, 0.25) is 0 Å². The number of nitrogens with zero attached hydrogens (tertiary/aromatic N) is 1. The van der Waals surface area contributed by atoms with E-state index >= 15 is 0 Å². The van der Waals surface area contributed by atoms with Crippen LogP contribution < -0.4 is 0 Å². The lowest BCUT2D eigenvalue weighted by Crippen LogP contribution is -1.93. The monoisotopic (exact) mass is 173 g/mol. The van der Waals surface area contributed by atoms with Gasteiger partial charge in [-0.2, -0.15) is 0 Å². The van der Waals surface area contributed by atoms with E-state index in [9.17, 15) is 0 Å². The molecule has 1 atom stereocenters. The Kier molecular flexibility index (Phi) is 1.30. The molecule has 2 aromatic rings. The lowest BCUT2D eigenvalue weighted by molar-refractivity contribution is 0.407. The summed E-state index contributed by atoms with van der Waals surface area (Å²) >= 11 is 0. The van der Waals surface area contributed by atoms with Gasteiger partial charge in [0, 0.05) is 18.3 Å². The molecule has 0 aliphatic carbocycles. The van der Waals surface area contributed by atoms with Crippen molar-refractivity contribution >= 4 is 10.9 Å². The number of epoxide rings is 1. The molecule has 0 saturated carbocycles. The van der Waals surface area contributed by atoms with E-state index in [1.165, 1.54) is 16.6 Å². The molecule has 1 aromatic heterocycles. The van der Waals surface area contributed by atoms with E-state index < -0.39 is 0 Å². The molecule has 2 heterocycles. The fourth-order valence-corrected chi connectivity index (χ4v) is 1.84. The minimum absolute atomic E-state index is 0.345. The van der Waals surface area contributed by atoms with Crippen LogP contribution in [0.3, 0.4) is 0 Å². The summed E-state index contributed by atoms with van der Waals surface area (Å²) in [6.45, 7) is 0.879. The minimum atomic E-state index is 0.345. The third-order valence-electron chi connectivity index (χ3n) is 2.65. The van der Waals surface area contributed by atoms with Gasteiger partial charge in [-0.1, -0.05) is 18.2 Å². The van der Waals surface area contributed by atoms with Crippen molar-refractivity contribution in [1.82, 2.24) is 4.57 Å². The van der Waals surface area contributed by atoms with E-state index in [1.54, 1.807) is 0 Å². The smallest absolute Gasteiger partial charge is 0.121 e. The summed E-state index contributed by atoms with van der Waals surface area (Å²) in [7, 11) is 2.10. The average molecular weight is 173 g/mol. The second-order valence-corrected chi connectivity index (χ2v) is 3.51. The van der Waals surface area contributed by atoms with Crippen molar-refractivity contribution < 1.29 is 4.74 Å². The van der Waals surface area contributed by atoms with Gasteiger partial charge in [-0.15, -0.1) is 0 Å². The van der Waals surface area contributed by atoms with Crippen LogP contribution in [0.1, 0.15) is 11.8 Å². The quantitative estimate of drug-likeness (QED) is 0.604. The molecule has 0 unspecified atom stereocenters. The molecular formula is C11H11NO. The second kappa shape index (κ2) is 2.36. The average Bonchev–Trinajstić information content (AvgIpc) is 2.94. The Morgan fingerprint density at radius 3 is 2.85 bits per heavy atom. The molecule has 0 radical (unpaired) electrons. The largest absolute Gasteiger partial charge is 0.366 e. The lowest BCUT2D eigenvalue weighted by atomic mass is 10.2. The Morgan fingerprint density at radius 2 is 2.15 bits per heavy atom. The molecule has 0 amide bonds. The summed E-state index contributed by atoms with van der Waals surface area (Å²) in [5, 5.41) is 1.30. The number of hydrogen-bond acceptors (Lipinski definition) is 1. The zero-order valence-corrected chi connectivity index (χ0v) is 7.53. The summed E-state index contributed by atoms with van der Waals surface area (Å²) < 4.78 is 7.50. The first-order valence-corrected chi connectivity index (χ1v) is 4.52. The van der Waals surface area contributed by atoms with Crippen molar-refractivity contribution in [3.05, 3.63) is 36.0 Å². The summed E-state index contributed by atoms with van der Waals surface area (Å²) in [6, 6.07) is 10.6. The van der Waals surface area contributed by atoms with Crippen LogP contribution in [-0.2, 0) is 11.8 Å². The van der Waals surface area contributed by atoms with E-state index in [4.69, 9.17) is 4.74 Å². The third kappa shape index (κ3) is 0.988. The molecule has 13 heavy (non-hydrogen) atoms. The zero-order chi connectivity index (χ0) is 8.84. The van der Waals surface area contributed by atoms with E-state index in [0.717, 1.165) is 6.61 Å². The molecule has 1 aliphatic heterocycles. The fraction of sp³-hybridized carbons (Fsp3) is 0.273. The Bertz CT molecular complexity index is 454. The normalized spacial score (nSPS) is 20.8. The molecule has 3 rings (SSSR count). The van der Waals surface area contributed by atoms with Gasteiger partial charge in [0.15, 0.2) is 0 Å². The van der Waals surface area contributed by atoms with Crippen LogP contribution in [-0.4, -0.2) is 11.2 Å². The van der Waals surface area contributed by atoms with Crippen LogP contribution in [0.4, 0.5) is 0 Å². The second-order valence-electron chi connectivity index (χ2n) is 3.51. The molecule has 1 aromatic carbocycles. The first kappa shape index (κ1) is 7.15. The number of fused-ring (bicyclic) bond motifs is 1. The van der Waals surface area contributed by atoms with Crippen LogP contribution in [0, 0.1) is 0 Å². The van der Waals surface area contributed by atoms with Crippen molar-refractivity contribution in [2.45, 2.75) is 6.10 Å². The molecule has 2 nitrogen and oxygen atoms in total. The topological polar surface area (TPSA) is 17.5 Å². The minimum Gasteiger partial charge on any atom is -0.366 e. The Balaban J connectivity index is 2.30. The van der Waals surface area contributed by atoms with Gasteiger partial charge in [0.05, 0.1) is 6.61 Å². The maximum atomic E-state index is 5.28. The molecule has 66 valence electrons. The van der Waals surface area contributed by atoms with Crippen LogP contribution in [0.5, 0.6) is 0 Å². The maximum Gasteiger partial charge on any atom is 0.121 e. The third-order valence-corrected chi connectivity index (χ3v) is 2.65. The first-order valence-electron chi connectivity index (χ1n) is 4.52. The van der Waals surface area contributed by atoms with Gasteiger partial charge in [0.1, 0.15) is 6.10 Å². The van der Waals surface area contributed by atoms with Crippen LogP contribution in [0.25, 0.3) is 10.9 Å². The van der Waals surface area contributed by atoms with Gasteiger partial charge in [-0.25, -0.2) is 0 Å². The van der Waals surface area contributed by atoms with Crippen molar-refractivity contribution in [2.75, 3.05) is 6.61 Å². The van der Waals surface area contributed by atoms with Gasteiger partial charge in [-0.3, -0.25) is 0 Å². The molecule has 1 saturated heterocycles. The van der Waals surface area contributed by atoms with Crippen molar-refractivity contribution in [3.63, 3.8) is 0 Å². The zero-order valence-electron chi connectivity index (χ0n) is 7.53. The Morgan fingerprint density at radius 1 is 1.38 bits per heavy atom. The maximum absolute atomic E-state index is 5.28. The van der Waals surface area contributed by atoms with Gasteiger partial charge < -0.3 is 9.30 Å². The van der Waals surface area contributed by atoms with E-state index in [0.29, 0.717) is 6.10 Å². The Hall–Kier alpha value is -1.28. The number of benzene rings is 1. The van der Waals surface area contributed by atoms with Crippen LogP contribution in [0.2, 0.25) is 0 Å². The number of rotatable bonds is 1. The molecule has 1 aliphatic rings. The summed E-state index contributed by atoms with van der Waals surface area (Å²) in [6.07, 6.45) is 0.345. The summed E-state index contributed by atoms with van der Waals surface area (Å²) in [4.78, 5) is 0. The van der Waals surface area contributed by atoms with E-state index in [1.807, 2.05) is 0 Å². The highest BCUT2D eigenvalue weighted by atomic mass is 16.6. The number of ether oxygens (including phenoxy) is 1. The van der Waals surface area contributed by atoms with Crippen LogP contribution in [0.15, 0.2) is 30.3 Å². The molecule has 1 fully saturated rings. The number of aryl methyl sites for hydroxylation is 1. The van der Waals surface area contributed by atoms with E-state index in [2.05, 4.69) is 41.9 Å². The van der Waals surface area contributed by atoms with Gasteiger partial charge in [-0.05, 0) is 17.5 Å². The predicted octanol–water partition coefficient (Wildman–Crippen LogP) is 2.25. The fourth-order valence-electron chi connectivity index (χ4n) is 1.84. The predicted molar refractivity (Wildman–Crippen MR) is 51.6 cm³/mol. The summed E-state index contributed by atoms with van der Waals surface area (Å²) in [5.41, 5.74) is 2.58. The van der Waals surface area contributed by atoms with Crippen molar-refractivity contribution in [1.29, 1.82) is 0 Å². The number of hydrogen-bond donors (Lipinski definition) is 0. The van der Waals surface area contributed by atoms with E-state index in [-0.39, 0.29) is 0 Å². The number of para-hydroxylation sites is 1. The van der Waals surface area contributed by atoms with Crippen molar-refractivity contribution in [2.24, 2.45) is 7.05 Å². The SMILES string of the molecule is Cn1c([C@@H]2CO2)cc2ccccc21. The molecule has 0 N–H and O–H groups in total. The number of aromatic nitrogens is 1. The highest BCUT2D eigenvalue weighted by Gasteiger charge is 2.27. The van der Waals surface area contributed by atoms with Gasteiger partial charge in [0.25, 0.3) is 0 Å². The van der Waals surface area contributed by atoms with Gasteiger partial charge >= 0.3 is 0 Å². The lowest BCUT2D eigenvalue weighted by Gasteiger charge is -1.99. The molecule has 0 bridgehead atoms. The Labute approximate surface area is 76.7 Å². The first-order chi connectivity index (χ1) is 6.36. The molecule has 2 heteroatoms. The molecule has 0 spiro atoms. The molecular weight excluding hydrogens is 162 g/mol. The highest BCUT2D eigenvalue weighted by molar-refractivity contribution is 5.81. The van der Waals surface area contributed by atoms with Crippen LogP contribution >= 0.6 is 0 Å². The standard InChI is InChI=1S/C11H11NO/c1-12-9-5-3-2-4-8(9)6-10(12)11-7-13-11/h2-6,11H,7H2,1H3/t11-/m0/s1.